The third kappa shape index (κ3) is 9.65. The average molecular weight is 910 g/mol. The first-order valence-corrected chi connectivity index (χ1v) is 22.7. The molecule has 2 saturated carbocycles. The number of sulfonamides is 1. The lowest BCUT2D eigenvalue weighted by Gasteiger charge is -2.45. The number of alkyl halides is 3. The Bertz CT molecular complexity index is 2200. The molecule has 19 heteroatoms. The molecule has 4 aliphatic rings. The normalized spacial score (nSPS) is 27.8. The molecule has 0 unspecified atom stereocenters. The molecule has 0 bridgehead atoms. The smallest absolute Gasteiger partial charge is 0.411 e. The van der Waals surface area contributed by atoms with Crippen molar-refractivity contribution in [1.82, 2.24) is 24.8 Å². The highest BCUT2D eigenvalue weighted by Gasteiger charge is 2.64. The maximum Gasteiger partial charge on any atom is 0.411 e. The van der Waals surface area contributed by atoms with Gasteiger partial charge in [0.05, 0.1) is 23.1 Å². The van der Waals surface area contributed by atoms with E-state index in [4.69, 9.17) is 21.1 Å². The number of amides is 4. The minimum atomic E-state index is -5.11. The molecule has 2 aliphatic carbocycles. The number of pyridine rings is 1. The number of allylic oxidation sites excluding steroid dienone is 1. The van der Waals surface area contributed by atoms with E-state index in [-0.39, 0.29) is 47.1 Å². The van der Waals surface area contributed by atoms with E-state index < -0.39 is 92.4 Å². The van der Waals surface area contributed by atoms with E-state index in [1.54, 1.807) is 42.5 Å². The van der Waals surface area contributed by atoms with Crippen molar-refractivity contribution in [1.29, 1.82) is 0 Å². The Balaban J connectivity index is 1.39. The number of carbonyl (C=O) groups is 4. The van der Waals surface area contributed by atoms with Crippen LogP contribution in [0.15, 0.2) is 48.6 Å². The van der Waals surface area contributed by atoms with E-state index in [0.29, 0.717) is 56.5 Å². The average Bonchev–Trinajstić information content (AvgIpc) is 4.04. The number of nitrogens with one attached hydrogen (secondary N) is 2. The summed E-state index contributed by atoms with van der Waals surface area (Å²) < 4.78 is 83.7. The number of aromatic nitrogens is 1. The number of hydrogen-bond donors (Lipinski definition) is 3. The van der Waals surface area contributed by atoms with Crippen LogP contribution >= 0.6 is 11.6 Å². The summed E-state index contributed by atoms with van der Waals surface area (Å²) in [5.41, 5.74) is -3.72. The van der Waals surface area contributed by atoms with Gasteiger partial charge in [-0.1, -0.05) is 37.6 Å². The molecular formula is C43H55ClF3N5O9S. The summed E-state index contributed by atoms with van der Waals surface area (Å²) in [6, 6.07) is 6.67. The van der Waals surface area contributed by atoms with Crippen LogP contribution in [-0.4, -0.2) is 105 Å². The third-order valence-corrected chi connectivity index (χ3v) is 14.9. The van der Waals surface area contributed by atoms with Crippen LogP contribution in [0.3, 0.4) is 0 Å². The van der Waals surface area contributed by atoms with E-state index in [1.165, 1.54) is 19.9 Å². The summed E-state index contributed by atoms with van der Waals surface area (Å²) in [7, 11) is -4.13. The van der Waals surface area contributed by atoms with Gasteiger partial charge in [-0.15, -0.1) is 0 Å². The van der Waals surface area contributed by atoms with E-state index in [9.17, 15) is 41.1 Å². The van der Waals surface area contributed by atoms with E-state index in [1.807, 2.05) is 20.8 Å². The molecule has 3 N–H and O–H groups in total. The number of carbonyl (C=O) groups excluding carboxylic acids is 3. The summed E-state index contributed by atoms with van der Waals surface area (Å²) >= 11 is 6.52. The maximum absolute atomic E-state index is 15.0. The zero-order chi connectivity index (χ0) is 45.7. The van der Waals surface area contributed by atoms with Gasteiger partial charge in [0.15, 0.2) is 0 Å². The van der Waals surface area contributed by atoms with Crippen molar-refractivity contribution in [3.05, 3.63) is 53.6 Å². The van der Waals surface area contributed by atoms with Gasteiger partial charge in [0, 0.05) is 29.0 Å². The highest BCUT2D eigenvalue weighted by atomic mass is 35.5. The minimum Gasteiger partial charge on any atom is -0.491 e. The lowest BCUT2D eigenvalue weighted by molar-refractivity contribution is -0.222. The highest BCUT2D eigenvalue weighted by Crippen LogP contribution is 2.48. The van der Waals surface area contributed by atoms with Crippen LogP contribution in [0.4, 0.5) is 18.0 Å². The van der Waals surface area contributed by atoms with Crippen LogP contribution in [0, 0.1) is 17.8 Å². The van der Waals surface area contributed by atoms with E-state index in [0.717, 1.165) is 4.90 Å². The van der Waals surface area contributed by atoms with Gasteiger partial charge in [-0.2, -0.15) is 13.2 Å². The lowest BCUT2D eigenvalue weighted by atomic mass is 9.85. The van der Waals surface area contributed by atoms with Crippen molar-refractivity contribution < 1.29 is 55.3 Å². The zero-order valence-electron chi connectivity index (χ0n) is 35.8. The van der Waals surface area contributed by atoms with Crippen molar-refractivity contribution in [2.45, 2.75) is 140 Å². The molecule has 7 atom stereocenters. The molecule has 0 radical (unpaired) electrons. The van der Waals surface area contributed by atoms with E-state index in [2.05, 4.69) is 15.0 Å². The molecule has 0 spiro atoms. The molecule has 3 fully saturated rings. The fraction of sp³-hybridized carbons (Fsp3) is 0.605. The number of hydrogen-bond acceptors (Lipinski definition) is 9. The van der Waals surface area contributed by atoms with Gasteiger partial charge in [-0.3, -0.25) is 24.0 Å². The molecule has 1 aromatic heterocycles. The van der Waals surface area contributed by atoms with Crippen LogP contribution in [-0.2, 0) is 24.4 Å². The molecule has 1 aromatic carbocycles. The first-order valence-electron chi connectivity index (χ1n) is 20.8. The largest absolute Gasteiger partial charge is 0.491 e. The summed E-state index contributed by atoms with van der Waals surface area (Å²) in [6.07, 6.45) is -3.08. The number of rotatable bonds is 10. The van der Waals surface area contributed by atoms with Gasteiger partial charge in [-0.05, 0) is 115 Å². The maximum atomic E-state index is 15.0. The second-order valence-corrected chi connectivity index (χ2v) is 20.9. The van der Waals surface area contributed by atoms with Crippen molar-refractivity contribution >= 4 is 45.4 Å². The SMILES string of the molecule is CC(C)Oc1ccc(-c2cc(Cl)cc(O[C@@H]3C[C@H]4C(=O)N[C@]5(C(=O)NS(=O)(=O)C6(C)CC6)C[C@H]5C=CCC[C@@H](C)C[C@@H](C)[C@H](N(C(=O)O)C(C)(C)C(F)(F)F)C(=O)N4C3)n2)cc1. The summed E-state index contributed by atoms with van der Waals surface area (Å²) in [5, 5.41) is 13.5. The first-order chi connectivity index (χ1) is 28.8. The third-order valence-electron chi connectivity index (χ3n) is 12.6. The predicted octanol–water partition coefficient (Wildman–Crippen LogP) is 7.11. The predicted molar refractivity (Wildman–Crippen MR) is 224 cm³/mol. The zero-order valence-corrected chi connectivity index (χ0v) is 37.4. The van der Waals surface area contributed by atoms with Gasteiger partial charge < -0.3 is 24.8 Å². The summed E-state index contributed by atoms with van der Waals surface area (Å²) in [5.74, 6) is -4.08. The van der Waals surface area contributed by atoms with Crippen molar-refractivity contribution in [2.75, 3.05) is 6.54 Å². The monoisotopic (exact) mass is 909 g/mol. The summed E-state index contributed by atoms with van der Waals surface area (Å²) in [4.78, 5) is 62.3. The molecule has 3 heterocycles. The molecule has 14 nitrogen and oxygen atoms in total. The van der Waals surface area contributed by atoms with Crippen LogP contribution in [0.2, 0.25) is 5.02 Å². The van der Waals surface area contributed by atoms with Crippen molar-refractivity contribution in [2.24, 2.45) is 17.8 Å². The Morgan fingerprint density at radius 1 is 1.10 bits per heavy atom. The second-order valence-electron chi connectivity index (χ2n) is 18.3. The Kier molecular flexibility index (Phi) is 13.0. The van der Waals surface area contributed by atoms with E-state index >= 15 is 4.79 Å². The van der Waals surface area contributed by atoms with Crippen molar-refractivity contribution in [3.63, 3.8) is 0 Å². The molecular weight excluding hydrogens is 855 g/mol. The second kappa shape index (κ2) is 17.2. The topological polar surface area (TPSA) is 185 Å². The number of benzene rings is 1. The lowest BCUT2D eigenvalue weighted by Crippen LogP contribution is -2.66. The van der Waals surface area contributed by atoms with Crippen LogP contribution in [0.1, 0.15) is 93.4 Å². The Morgan fingerprint density at radius 2 is 1.76 bits per heavy atom. The standard InChI is InChI=1S/C43H55ClF3N5O9S/c1-24(2)60-30-14-12-27(13-15-30)32-19-29(44)20-34(48-32)61-31-21-33-36(53)49-42(38(55)50-62(58,59)41(7)16-17-41)22-28(42)11-9-8-10-25(3)18-26(4)35(37(54)51(33)23-31)52(39(56)57)40(5,6)43(45,46)47/h9,11-15,19-20,24-26,28,31,33,35H,8,10,16-18,21-23H2,1-7H3,(H,49,53)(H,50,55)(H,56,57)/t25-,26-,28-,31-,33+,35+,42-/m1/s1. The molecule has 2 aromatic rings. The quantitative estimate of drug-likeness (QED) is 0.208. The number of carboxylic acid groups (broad SMARTS) is 1. The number of ether oxygens (including phenoxy) is 2. The minimum absolute atomic E-state index is 0.00161. The Morgan fingerprint density at radius 3 is 2.35 bits per heavy atom. The molecule has 2 aliphatic heterocycles. The van der Waals surface area contributed by atoms with Crippen molar-refractivity contribution in [3.8, 4) is 22.9 Å². The number of fused-ring (bicyclic) bond motifs is 2. The molecule has 62 heavy (non-hydrogen) atoms. The molecule has 340 valence electrons. The van der Waals surface area contributed by atoms with Gasteiger partial charge >= 0.3 is 12.3 Å². The highest BCUT2D eigenvalue weighted by molar-refractivity contribution is 7.91. The Labute approximate surface area is 365 Å². The van der Waals surface area contributed by atoms with Gasteiger partial charge in [0.25, 0.3) is 5.91 Å². The molecule has 6 rings (SSSR count). The van der Waals surface area contributed by atoms with Crippen LogP contribution in [0.25, 0.3) is 11.3 Å². The first kappa shape index (κ1) is 46.9. The molecule has 4 amide bonds. The van der Waals surface area contributed by atoms with Gasteiger partial charge in [0.2, 0.25) is 27.7 Å². The fourth-order valence-electron chi connectivity index (χ4n) is 8.41. The van der Waals surface area contributed by atoms with Gasteiger partial charge in [-0.25, -0.2) is 18.2 Å². The van der Waals surface area contributed by atoms with Gasteiger partial charge in [0.1, 0.15) is 35.0 Å². The number of halogens is 4. The van der Waals surface area contributed by atoms with Crippen LogP contribution in [0.5, 0.6) is 11.6 Å². The van der Waals surface area contributed by atoms with Crippen LogP contribution < -0.4 is 19.5 Å². The Hall–Kier alpha value is -4.58. The fourth-order valence-corrected chi connectivity index (χ4v) is 9.92. The summed E-state index contributed by atoms with van der Waals surface area (Å²) in [6.45, 7) is 9.64. The number of nitrogens with zero attached hydrogens (tertiary/aromatic N) is 3. The molecule has 1 saturated heterocycles.